The highest BCUT2D eigenvalue weighted by molar-refractivity contribution is 7.89. The molecule has 1 rings (SSSR count). The smallest absolute Gasteiger partial charge is 0.335 e. The molecule has 0 fully saturated rings. The van der Waals surface area contributed by atoms with Crippen molar-refractivity contribution in [3.63, 3.8) is 0 Å². The molecule has 21 heavy (non-hydrogen) atoms. The lowest BCUT2D eigenvalue weighted by Crippen LogP contribution is -2.39. The highest BCUT2D eigenvalue weighted by Crippen LogP contribution is 2.25. The lowest BCUT2D eigenvalue weighted by Gasteiger charge is -2.25. The first-order chi connectivity index (χ1) is 10.2. The molecule has 2 atom stereocenters. The molecular formula is C16H25NO3S. The van der Waals surface area contributed by atoms with Crippen LogP contribution in [0.2, 0.25) is 0 Å². The molecule has 0 saturated carbocycles. The first kappa shape index (κ1) is 18.0. The standard InChI is InChI=1S/C16H25NO3S/c1-4-7-9-10-15-14(16(18)20-6-3)11-12-17(15)21(19)13-8-5-2/h4,7,9-11,15H,5-6,8,12-13H2,1-3H3/b7-4+,10-9+/t15-,21?/m1/s1. The SMILES string of the molecule is C/C=C/C=C/[C@@H]1C(C(=O)OCC)=CCN1[S+]([O-])CCCC. The summed E-state index contributed by atoms with van der Waals surface area (Å²) in [5.74, 6) is 0.316. The van der Waals surface area contributed by atoms with E-state index in [9.17, 15) is 9.35 Å². The molecule has 0 N–H and O–H groups in total. The van der Waals surface area contributed by atoms with Crippen molar-refractivity contribution in [1.82, 2.24) is 4.31 Å². The van der Waals surface area contributed by atoms with Crippen molar-refractivity contribution in [3.8, 4) is 0 Å². The maximum absolute atomic E-state index is 12.4. The van der Waals surface area contributed by atoms with Crippen molar-refractivity contribution in [2.75, 3.05) is 18.9 Å². The number of ether oxygens (including phenoxy) is 1. The third-order valence-corrected chi connectivity index (χ3v) is 4.70. The first-order valence-electron chi connectivity index (χ1n) is 7.47. The number of hydrogen-bond acceptors (Lipinski definition) is 4. The predicted octanol–water partition coefficient (Wildman–Crippen LogP) is 2.76. The van der Waals surface area contributed by atoms with Gasteiger partial charge in [-0.25, -0.2) is 4.79 Å². The largest absolute Gasteiger partial charge is 0.598 e. The van der Waals surface area contributed by atoms with Crippen LogP contribution >= 0.6 is 0 Å². The van der Waals surface area contributed by atoms with Crippen LogP contribution in [-0.4, -0.2) is 39.8 Å². The predicted molar refractivity (Wildman–Crippen MR) is 87.1 cm³/mol. The van der Waals surface area contributed by atoms with Gasteiger partial charge < -0.3 is 9.29 Å². The molecule has 0 amide bonds. The summed E-state index contributed by atoms with van der Waals surface area (Å²) < 4.78 is 19.3. The van der Waals surface area contributed by atoms with Gasteiger partial charge in [0.25, 0.3) is 0 Å². The Morgan fingerprint density at radius 2 is 2.29 bits per heavy atom. The zero-order chi connectivity index (χ0) is 15.7. The maximum Gasteiger partial charge on any atom is 0.335 e. The number of rotatable bonds is 8. The summed E-state index contributed by atoms with van der Waals surface area (Å²) in [6, 6.07) is -0.266. The fourth-order valence-corrected chi connectivity index (χ4v) is 3.52. The summed E-state index contributed by atoms with van der Waals surface area (Å²) in [4.78, 5) is 12.0. The summed E-state index contributed by atoms with van der Waals surface area (Å²) in [6.45, 7) is 6.66. The Hall–Kier alpha value is -1.04. The topological polar surface area (TPSA) is 52.6 Å². The molecule has 1 aliphatic rings. The average Bonchev–Trinajstić information content (AvgIpc) is 2.89. The quantitative estimate of drug-likeness (QED) is 0.393. The van der Waals surface area contributed by atoms with Crippen molar-refractivity contribution in [1.29, 1.82) is 0 Å². The van der Waals surface area contributed by atoms with Crippen molar-refractivity contribution >= 4 is 17.3 Å². The van der Waals surface area contributed by atoms with Gasteiger partial charge in [-0.15, -0.1) is 4.31 Å². The molecule has 118 valence electrons. The number of esters is 1. The van der Waals surface area contributed by atoms with Gasteiger partial charge in [-0.05, 0) is 20.3 Å². The molecule has 0 spiro atoms. The van der Waals surface area contributed by atoms with Gasteiger partial charge in [-0.3, -0.25) is 0 Å². The van der Waals surface area contributed by atoms with Crippen LogP contribution in [0.15, 0.2) is 36.0 Å². The lowest BCUT2D eigenvalue weighted by molar-refractivity contribution is -0.138. The Bertz CT molecular complexity index is 418. The monoisotopic (exact) mass is 311 g/mol. The van der Waals surface area contributed by atoms with Crippen molar-refractivity contribution < 1.29 is 14.1 Å². The van der Waals surface area contributed by atoms with E-state index in [2.05, 4.69) is 6.92 Å². The van der Waals surface area contributed by atoms with Crippen LogP contribution in [0.3, 0.4) is 0 Å². The zero-order valence-electron chi connectivity index (χ0n) is 13.1. The fraction of sp³-hybridized carbons (Fsp3) is 0.562. The fourth-order valence-electron chi connectivity index (χ4n) is 2.07. The molecular weight excluding hydrogens is 286 g/mol. The molecule has 4 nitrogen and oxygen atoms in total. The van der Waals surface area contributed by atoms with Crippen molar-refractivity contribution in [3.05, 3.63) is 36.0 Å². The molecule has 1 aliphatic heterocycles. The van der Waals surface area contributed by atoms with Crippen molar-refractivity contribution in [2.45, 2.75) is 39.7 Å². The van der Waals surface area contributed by atoms with Gasteiger partial charge >= 0.3 is 5.97 Å². The third kappa shape index (κ3) is 5.34. The molecule has 0 aromatic heterocycles. The Balaban J connectivity index is 2.83. The molecule has 0 bridgehead atoms. The number of nitrogens with zero attached hydrogens (tertiary/aromatic N) is 1. The van der Waals surface area contributed by atoms with E-state index >= 15 is 0 Å². The van der Waals surface area contributed by atoms with Crippen LogP contribution in [0.4, 0.5) is 0 Å². The second-order valence-corrected chi connectivity index (χ2v) is 6.23. The molecule has 0 aromatic carbocycles. The minimum atomic E-state index is -1.07. The summed E-state index contributed by atoms with van der Waals surface area (Å²) in [5.41, 5.74) is 0.586. The van der Waals surface area contributed by atoms with E-state index in [-0.39, 0.29) is 12.0 Å². The van der Waals surface area contributed by atoms with Crippen LogP contribution in [0.25, 0.3) is 0 Å². The highest BCUT2D eigenvalue weighted by atomic mass is 32.2. The van der Waals surface area contributed by atoms with Crippen LogP contribution in [0.1, 0.15) is 33.6 Å². The van der Waals surface area contributed by atoms with Gasteiger partial charge in [-0.2, -0.15) is 0 Å². The van der Waals surface area contributed by atoms with Crippen LogP contribution in [0, 0.1) is 0 Å². The summed E-state index contributed by atoms with van der Waals surface area (Å²) in [7, 11) is 0. The number of allylic oxidation sites excluding steroid dienone is 3. The van der Waals surface area contributed by atoms with Gasteiger partial charge in [0.05, 0.1) is 18.7 Å². The van der Waals surface area contributed by atoms with Crippen LogP contribution in [0.5, 0.6) is 0 Å². The van der Waals surface area contributed by atoms with Crippen molar-refractivity contribution in [2.24, 2.45) is 0 Å². The lowest BCUT2D eigenvalue weighted by atomic mass is 10.1. The second kappa shape index (κ2) is 9.82. The summed E-state index contributed by atoms with van der Waals surface area (Å²) >= 11 is -1.07. The number of unbranched alkanes of at least 4 members (excludes halogenated alkanes) is 1. The minimum Gasteiger partial charge on any atom is -0.598 e. The van der Waals surface area contributed by atoms with Gasteiger partial charge in [0, 0.05) is 11.4 Å². The average molecular weight is 311 g/mol. The molecule has 1 heterocycles. The molecule has 5 heteroatoms. The van der Waals surface area contributed by atoms with Crippen LogP contribution in [-0.2, 0) is 20.9 Å². The minimum absolute atomic E-state index is 0.266. The van der Waals surface area contributed by atoms with E-state index in [1.165, 1.54) is 0 Å². The Morgan fingerprint density at radius 3 is 2.90 bits per heavy atom. The van der Waals surface area contributed by atoms with E-state index < -0.39 is 11.4 Å². The molecule has 0 radical (unpaired) electrons. The Morgan fingerprint density at radius 1 is 1.52 bits per heavy atom. The molecule has 0 aliphatic carbocycles. The number of hydrogen-bond donors (Lipinski definition) is 0. The van der Waals surface area contributed by atoms with Gasteiger partial charge in [0.1, 0.15) is 11.8 Å². The van der Waals surface area contributed by atoms with E-state index in [0.717, 1.165) is 12.8 Å². The Labute approximate surface area is 130 Å². The molecule has 1 unspecified atom stereocenters. The molecule has 0 saturated heterocycles. The van der Waals surface area contributed by atoms with Gasteiger partial charge in [0.15, 0.2) is 0 Å². The normalized spacial score (nSPS) is 21.1. The van der Waals surface area contributed by atoms with Gasteiger partial charge in [-0.1, -0.05) is 43.7 Å². The molecule has 0 aromatic rings. The second-order valence-electron chi connectivity index (χ2n) is 4.71. The van der Waals surface area contributed by atoms with E-state index in [1.807, 2.05) is 41.6 Å². The van der Waals surface area contributed by atoms with E-state index in [4.69, 9.17) is 4.74 Å². The third-order valence-electron chi connectivity index (χ3n) is 3.16. The summed E-state index contributed by atoms with van der Waals surface area (Å²) in [6.07, 6.45) is 11.4. The van der Waals surface area contributed by atoms with E-state index in [0.29, 0.717) is 24.5 Å². The van der Waals surface area contributed by atoms with Gasteiger partial charge in [0.2, 0.25) is 0 Å². The van der Waals surface area contributed by atoms with E-state index in [1.54, 1.807) is 6.92 Å². The Kier molecular flexibility index (Phi) is 8.42. The van der Waals surface area contributed by atoms with Crippen LogP contribution < -0.4 is 0 Å². The highest BCUT2D eigenvalue weighted by Gasteiger charge is 2.37. The maximum atomic E-state index is 12.4. The summed E-state index contributed by atoms with van der Waals surface area (Å²) in [5, 5.41) is 0. The first-order valence-corrected chi connectivity index (χ1v) is 8.75. The number of carbonyl (C=O) groups is 1. The number of carbonyl (C=O) groups excluding carboxylic acids is 1. The zero-order valence-corrected chi connectivity index (χ0v) is 13.9.